The van der Waals surface area contributed by atoms with E-state index in [4.69, 9.17) is 4.42 Å². The Bertz CT molecular complexity index is 864. The monoisotopic (exact) mass is 368 g/mol. The van der Waals surface area contributed by atoms with Crippen molar-refractivity contribution in [2.24, 2.45) is 4.99 Å². The molecule has 0 amide bonds. The molecule has 0 bridgehead atoms. The fourth-order valence-corrected chi connectivity index (χ4v) is 3.39. The van der Waals surface area contributed by atoms with Crippen molar-refractivity contribution in [2.75, 3.05) is 7.05 Å². The average molecular weight is 369 g/mol. The lowest BCUT2D eigenvalue weighted by Gasteiger charge is -2.09. The molecule has 1 aromatic carbocycles. The van der Waals surface area contributed by atoms with Gasteiger partial charge in [0.2, 0.25) is 5.89 Å². The summed E-state index contributed by atoms with van der Waals surface area (Å²) in [6.45, 7) is 5.55. The van der Waals surface area contributed by atoms with Gasteiger partial charge in [-0.25, -0.2) is 4.98 Å². The highest BCUT2D eigenvalue weighted by Gasteiger charge is 2.07. The van der Waals surface area contributed by atoms with Crippen molar-refractivity contribution in [1.29, 1.82) is 0 Å². The lowest BCUT2D eigenvalue weighted by molar-refractivity contribution is 0.572. The molecule has 5 nitrogen and oxygen atoms in total. The van der Waals surface area contributed by atoms with Crippen molar-refractivity contribution in [2.45, 2.75) is 33.4 Å². The van der Waals surface area contributed by atoms with Gasteiger partial charge in [0.05, 0.1) is 18.8 Å². The van der Waals surface area contributed by atoms with E-state index >= 15 is 0 Å². The normalized spacial score (nSPS) is 11.6. The Balaban J connectivity index is 1.53. The van der Waals surface area contributed by atoms with Gasteiger partial charge in [0.25, 0.3) is 0 Å². The second-order valence-electron chi connectivity index (χ2n) is 6.01. The van der Waals surface area contributed by atoms with Crippen LogP contribution in [0.1, 0.15) is 27.9 Å². The zero-order valence-corrected chi connectivity index (χ0v) is 16.2. The molecule has 0 atom stereocenters. The van der Waals surface area contributed by atoms with E-state index in [9.17, 15) is 0 Å². The van der Waals surface area contributed by atoms with Gasteiger partial charge in [-0.3, -0.25) is 4.99 Å². The molecule has 0 spiro atoms. The highest BCUT2D eigenvalue weighted by atomic mass is 32.1. The van der Waals surface area contributed by atoms with Crippen molar-refractivity contribution in [3.8, 4) is 11.5 Å². The lowest BCUT2D eigenvalue weighted by Crippen LogP contribution is -2.36. The van der Waals surface area contributed by atoms with Gasteiger partial charge < -0.3 is 15.1 Å². The van der Waals surface area contributed by atoms with Gasteiger partial charge in [-0.05, 0) is 37.6 Å². The molecule has 2 aromatic heterocycles. The van der Waals surface area contributed by atoms with Crippen LogP contribution in [0.3, 0.4) is 0 Å². The van der Waals surface area contributed by atoms with E-state index in [2.05, 4.69) is 58.7 Å². The van der Waals surface area contributed by atoms with Crippen LogP contribution in [0.2, 0.25) is 0 Å². The van der Waals surface area contributed by atoms with Crippen LogP contribution in [0.4, 0.5) is 0 Å². The number of benzene rings is 1. The fourth-order valence-electron chi connectivity index (χ4n) is 2.49. The summed E-state index contributed by atoms with van der Waals surface area (Å²) in [5, 5.41) is 6.60. The Kier molecular flexibility index (Phi) is 6.07. The maximum absolute atomic E-state index is 5.59. The molecule has 0 aliphatic carbocycles. The van der Waals surface area contributed by atoms with Crippen molar-refractivity contribution >= 4 is 17.3 Å². The molecule has 26 heavy (non-hydrogen) atoms. The lowest BCUT2D eigenvalue weighted by atomic mass is 10.1. The van der Waals surface area contributed by atoms with Gasteiger partial charge in [0.15, 0.2) is 5.96 Å². The minimum Gasteiger partial charge on any atom is -0.444 e. The van der Waals surface area contributed by atoms with Crippen molar-refractivity contribution < 1.29 is 4.42 Å². The summed E-state index contributed by atoms with van der Waals surface area (Å²) in [5.41, 5.74) is 3.04. The zero-order valence-electron chi connectivity index (χ0n) is 15.4. The first-order valence-electron chi connectivity index (χ1n) is 8.71. The molecule has 3 aromatic rings. The van der Waals surface area contributed by atoms with E-state index < -0.39 is 0 Å². The third-order valence-electron chi connectivity index (χ3n) is 4.01. The molecule has 136 valence electrons. The van der Waals surface area contributed by atoms with E-state index in [1.54, 1.807) is 13.3 Å². The van der Waals surface area contributed by atoms with E-state index in [1.807, 2.05) is 23.5 Å². The van der Waals surface area contributed by atoms with Crippen LogP contribution in [0, 0.1) is 6.92 Å². The number of oxazole rings is 1. The SMILES string of the molecule is CCc1ccc(CNC(=NC)NCc2coc(-c3ccc(C)cc3)n2)s1. The van der Waals surface area contributed by atoms with Gasteiger partial charge in [-0.15, -0.1) is 11.3 Å². The number of aliphatic imine (C=N–C) groups is 1. The van der Waals surface area contributed by atoms with Crippen LogP contribution in [0.5, 0.6) is 0 Å². The molecule has 2 heterocycles. The van der Waals surface area contributed by atoms with Crippen LogP contribution >= 0.6 is 11.3 Å². The van der Waals surface area contributed by atoms with Crippen LogP contribution in [0.15, 0.2) is 52.1 Å². The molecule has 0 fully saturated rings. The molecule has 0 aliphatic rings. The van der Waals surface area contributed by atoms with Crippen molar-refractivity contribution in [1.82, 2.24) is 15.6 Å². The number of rotatable bonds is 6. The van der Waals surface area contributed by atoms with Gasteiger partial charge in [0.1, 0.15) is 6.26 Å². The second-order valence-corrected chi connectivity index (χ2v) is 7.26. The van der Waals surface area contributed by atoms with E-state index in [1.165, 1.54) is 15.3 Å². The quantitative estimate of drug-likeness (QED) is 0.507. The summed E-state index contributed by atoms with van der Waals surface area (Å²) in [5.74, 6) is 1.38. The number of nitrogens with one attached hydrogen (secondary N) is 2. The van der Waals surface area contributed by atoms with Crippen LogP contribution in [0.25, 0.3) is 11.5 Å². The van der Waals surface area contributed by atoms with Crippen molar-refractivity contribution in [3.05, 3.63) is 63.7 Å². The maximum atomic E-state index is 5.59. The Morgan fingerprint density at radius 3 is 2.50 bits per heavy atom. The molecule has 0 aliphatic heterocycles. The smallest absolute Gasteiger partial charge is 0.226 e. The molecular formula is C20H24N4OS. The number of aryl methyl sites for hydroxylation is 2. The molecule has 0 saturated heterocycles. The number of hydrogen-bond donors (Lipinski definition) is 2. The standard InChI is InChI=1S/C20H24N4OS/c1-4-17-9-10-18(26-17)12-23-20(21-3)22-11-16-13-25-19(24-16)15-7-5-14(2)6-8-15/h5-10,13H,4,11-12H2,1-3H3,(H2,21,22,23). The second kappa shape index (κ2) is 8.67. The summed E-state index contributed by atoms with van der Waals surface area (Å²) in [6.07, 6.45) is 2.76. The number of guanidine groups is 1. The highest BCUT2D eigenvalue weighted by molar-refractivity contribution is 7.11. The van der Waals surface area contributed by atoms with E-state index in [0.717, 1.165) is 30.2 Å². The topological polar surface area (TPSA) is 62.5 Å². The van der Waals surface area contributed by atoms with E-state index in [-0.39, 0.29) is 0 Å². The molecule has 2 N–H and O–H groups in total. The Hall–Kier alpha value is -2.60. The van der Waals surface area contributed by atoms with Gasteiger partial charge >= 0.3 is 0 Å². The number of nitrogens with zero attached hydrogens (tertiary/aromatic N) is 2. The van der Waals surface area contributed by atoms with Crippen LogP contribution in [-0.2, 0) is 19.5 Å². The highest BCUT2D eigenvalue weighted by Crippen LogP contribution is 2.19. The Morgan fingerprint density at radius 2 is 1.81 bits per heavy atom. The number of thiophene rings is 1. The maximum Gasteiger partial charge on any atom is 0.226 e. The Labute approximate surface area is 158 Å². The predicted octanol–water partition coefficient (Wildman–Crippen LogP) is 4.14. The molecule has 0 saturated carbocycles. The summed E-state index contributed by atoms with van der Waals surface area (Å²) in [6, 6.07) is 12.5. The molecular weight excluding hydrogens is 344 g/mol. The predicted molar refractivity (Wildman–Crippen MR) is 107 cm³/mol. The largest absolute Gasteiger partial charge is 0.444 e. The first-order chi connectivity index (χ1) is 12.7. The van der Waals surface area contributed by atoms with E-state index in [0.29, 0.717) is 12.4 Å². The summed E-state index contributed by atoms with van der Waals surface area (Å²) < 4.78 is 5.59. The van der Waals surface area contributed by atoms with Gasteiger partial charge in [-0.1, -0.05) is 24.6 Å². The van der Waals surface area contributed by atoms with Gasteiger partial charge in [0, 0.05) is 22.4 Å². The average Bonchev–Trinajstić information content (AvgIpc) is 3.32. The van der Waals surface area contributed by atoms with Crippen LogP contribution in [-0.4, -0.2) is 18.0 Å². The summed E-state index contributed by atoms with van der Waals surface area (Å²) in [7, 11) is 1.77. The summed E-state index contributed by atoms with van der Waals surface area (Å²) in [4.78, 5) is 11.5. The minimum absolute atomic E-state index is 0.555. The Morgan fingerprint density at radius 1 is 1.08 bits per heavy atom. The molecule has 0 unspecified atom stereocenters. The number of hydrogen-bond acceptors (Lipinski definition) is 4. The summed E-state index contributed by atoms with van der Waals surface area (Å²) >= 11 is 1.83. The molecule has 0 radical (unpaired) electrons. The van der Waals surface area contributed by atoms with Gasteiger partial charge in [-0.2, -0.15) is 0 Å². The zero-order chi connectivity index (χ0) is 18.4. The fraction of sp³-hybridized carbons (Fsp3) is 0.300. The molecule has 3 rings (SSSR count). The minimum atomic E-state index is 0.555. The molecule has 6 heteroatoms. The third kappa shape index (κ3) is 4.73. The third-order valence-corrected chi connectivity index (χ3v) is 5.24. The first kappa shape index (κ1) is 18.2. The van der Waals surface area contributed by atoms with Crippen molar-refractivity contribution in [3.63, 3.8) is 0 Å². The first-order valence-corrected chi connectivity index (χ1v) is 9.53. The van der Waals surface area contributed by atoms with Crippen LogP contribution < -0.4 is 10.6 Å². The number of aromatic nitrogens is 1.